The highest BCUT2D eigenvalue weighted by atomic mass is 32.2. The molecule has 1 rings (SSSR count). The Morgan fingerprint density at radius 1 is 1.20 bits per heavy atom. The summed E-state index contributed by atoms with van der Waals surface area (Å²) >= 11 is 0. The van der Waals surface area contributed by atoms with Crippen molar-refractivity contribution in [2.24, 2.45) is 5.73 Å². The maximum Gasteiger partial charge on any atom is 0.154 e. The maximum atomic E-state index is 11.6. The third-order valence-corrected chi connectivity index (χ3v) is 3.85. The van der Waals surface area contributed by atoms with E-state index in [0.717, 1.165) is 11.1 Å². The predicted octanol–water partition coefficient (Wildman–Crippen LogP) is 1.26. The van der Waals surface area contributed by atoms with Crippen LogP contribution in [0.15, 0.2) is 24.3 Å². The normalized spacial score (nSPS) is 11.6. The van der Waals surface area contributed by atoms with Crippen molar-refractivity contribution in [1.82, 2.24) is 0 Å². The molecule has 1 aromatic rings. The largest absolute Gasteiger partial charge is 0.330 e. The number of hydrogen-bond acceptors (Lipinski definition) is 3. The van der Waals surface area contributed by atoms with E-state index in [1.807, 2.05) is 31.2 Å². The monoisotopic (exact) mass is 227 g/mol. The van der Waals surface area contributed by atoms with Gasteiger partial charge in [-0.05, 0) is 25.5 Å². The molecule has 0 bridgehead atoms. The molecule has 0 spiro atoms. The van der Waals surface area contributed by atoms with Crippen molar-refractivity contribution in [3.63, 3.8) is 0 Å². The zero-order valence-electron chi connectivity index (χ0n) is 8.94. The van der Waals surface area contributed by atoms with Crippen LogP contribution in [0.3, 0.4) is 0 Å². The van der Waals surface area contributed by atoms with Crippen LogP contribution in [-0.4, -0.2) is 20.7 Å². The van der Waals surface area contributed by atoms with E-state index in [-0.39, 0.29) is 11.5 Å². The van der Waals surface area contributed by atoms with Crippen LogP contribution in [0.1, 0.15) is 17.5 Å². The SMILES string of the molecule is Cc1ccc(CS(=O)(=O)CCCN)cc1. The fraction of sp³-hybridized carbons (Fsp3) is 0.455. The fourth-order valence-corrected chi connectivity index (χ4v) is 2.76. The second-order valence-corrected chi connectivity index (χ2v) is 5.90. The quantitative estimate of drug-likeness (QED) is 0.823. The average Bonchev–Trinajstić information content (AvgIpc) is 2.18. The molecular weight excluding hydrogens is 210 g/mol. The summed E-state index contributed by atoms with van der Waals surface area (Å²) in [5.74, 6) is 0.296. The van der Waals surface area contributed by atoms with Gasteiger partial charge in [-0.3, -0.25) is 0 Å². The maximum absolute atomic E-state index is 11.6. The van der Waals surface area contributed by atoms with Crippen LogP contribution < -0.4 is 5.73 Å². The number of hydrogen-bond donors (Lipinski definition) is 1. The lowest BCUT2D eigenvalue weighted by molar-refractivity contribution is 0.593. The van der Waals surface area contributed by atoms with Crippen molar-refractivity contribution >= 4 is 9.84 Å². The number of sulfone groups is 1. The van der Waals surface area contributed by atoms with E-state index in [1.165, 1.54) is 0 Å². The van der Waals surface area contributed by atoms with E-state index in [0.29, 0.717) is 13.0 Å². The Morgan fingerprint density at radius 3 is 2.33 bits per heavy atom. The van der Waals surface area contributed by atoms with Gasteiger partial charge in [-0.2, -0.15) is 0 Å². The molecule has 0 atom stereocenters. The van der Waals surface area contributed by atoms with E-state index in [1.54, 1.807) is 0 Å². The first-order valence-electron chi connectivity index (χ1n) is 4.99. The molecule has 2 N–H and O–H groups in total. The minimum absolute atomic E-state index is 0.118. The summed E-state index contributed by atoms with van der Waals surface area (Å²) in [5, 5.41) is 0. The lowest BCUT2D eigenvalue weighted by Gasteiger charge is -2.03. The third kappa shape index (κ3) is 4.44. The van der Waals surface area contributed by atoms with E-state index in [4.69, 9.17) is 5.73 Å². The minimum Gasteiger partial charge on any atom is -0.330 e. The molecule has 0 radical (unpaired) electrons. The molecule has 0 aliphatic rings. The van der Waals surface area contributed by atoms with Gasteiger partial charge in [0.05, 0.1) is 11.5 Å². The molecular formula is C11H17NO2S. The molecule has 15 heavy (non-hydrogen) atoms. The first-order chi connectivity index (χ1) is 7.03. The molecule has 0 saturated carbocycles. The molecule has 0 aromatic heterocycles. The molecule has 4 heteroatoms. The highest BCUT2D eigenvalue weighted by Gasteiger charge is 2.10. The Hall–Kier alpha value is -0.870. The lowest BCUT2D eigenvalue weighted by atomic mass is 10.2. The van der Waals surface area contributed by atoms with Crippen LogP contribution in [0.4, 0.5) is 0 Å². The minimum atomic E-state index is -2.99. The van der Waals surface area contributed by atoms with Gasteiger partial charge in [0.1, 0.15) is 0 Å². The van der Waals surface area contributed by atoms with Gasteiger partial charge < -0.3 is 5.73 Å². The predicted molar refractivity (Wildman–Crippen MR) is 62.3 cm³/mol. The first-order valence-corrected chi connectivity index (χ1v) is 6.82. The van der Waals surface area contributed by atoms with E-state index >= 15 is 0 Å². The van der Waals surface area contributed by atoms with Crippen LogP contribution >= 0.6 is 0 Å². The van der Waals surface area contributed by atoms with Gasteiger partial charge in [-0.1, -0.05) is 29.8 Å². The summed E-state index contributed by atoms with van der Waals surface area (Å²) < 4.78 is 23.2. The van der Waals surface area contributed by atoms with Gasteiger partial charge in [0.2, 0.25) is 0 Å². The zero-order valence-corrected chi connectivity index (χ0v) is 9.76. The van der Waals surface area contributed by atoms with Gasteiger partial charge in [-0.15, -0.1) is 0 Å². The van der Waals surface area contributed by atoms with Crippen LogP contribution in [0.25, 0.3) is 0 Å². The zero-order chi connectivity index (χ0) is 11.3. The first kappa shape index (κ1) is 12.2. The number of nitrogens with two attached hydrogens (primary N) is 1. The second kappa shape index (κ2) is 5.28. The highest BCUT2D eigenvalue weighted by molar-refractivity contribution is 7.90. The second-order valence-electron chi connectivity index (χ2n) is 3.72. The van der Waals surface area contributed by atoms with Gasteiger partial charge in [-0.25, -0.2) is 8.42 Å². The molecule has 84 valence electrons. The van der Waals surface area contributed by atoms with Crippen LogP contribution in [0, 0.1) is 6.92 Å². The summed E-state index contributed by atoms with van der Waals surface area (Å²) in [6.07, 6.45) is 0.536. The topological polar surface area (TPSA) is 60.2 Å². The molecule has 1 aromatic carbocycles. The molecule has 0 unspecified atom stereocenters. The Balaban J connectivity index is 2.65. The van der Waals surface area contributed by atoms with Crippen molar-refractivity contribution < 1.29 is 8.42 Å². The van der Waals surface area contributed by atoms with Crippen molar-refractivity contribution in [2.75, 3.05) is 12.3 Å². The van der Waals surface area contributed by atoms with Crippen molar-refractivity contribution in [3.05, 3.63) is 35.4 Å². The van der Waals surface area contributed by atoms with Crippen molar-refractivity contribution in [2.45, 2.75) is 19.1 Å². The number of benzene rings is 1. The molecule has 0 fully saturated rings. The Bertz CT molecular complexity index is 395. The molecule has 0 aliphatic heterocycles. The number of aryl methyl sites for hydroxylation is 1. The molecule has 0 aliphatic carbocycles. The summed E-state index contributed by atoms with van der Waals surface area (Å²) in [6.45, 7) is 2.40. The average molecular weight is 227 g/mol. The molecule has 3 nitrogen and oxygen atoms in total. The summed E-state index contributed by atoms with van der Waals surface area (Å²) in [7, 11) is -2.99. The van der Waals surface area contributed by atoms with Gasteiger partial charge >= 0.3 is 0 Å². The molecule has 0 heterocycles. The fourth-order valence-electron chi connectivity index (χ4n) is 1.31. The Labute approximate surface area is 91.2 Å². The lowest BCUT2D eigenvalue weighted by Crippen LogP contribution is -2.13. The summed E-state index contributed by atoms with van der Waals surface area (Å²) in [6, 6.07) is 7.56. The van der Waals surface area contributed by atoms with E-state index < -0.39 is 9.84 Å². The highest BCUT2D eigenvalue weighted by Crippen LogP contribution is 2.08. The van der Waals surface area contributed by atoms with E-state index in [2.05, 4.69) is 0 Å². The summed E-state index contributed by atoms with van der Waals surface area (Å²) in [5.41, 5.74) is 7.27. The van der Waals surface area contributed by atoms with Gasteiger partial charge in [0.25, 0.3) is 0 Å². The summed E-state index contributed by atoms with van der Waals surface area (Å²) in [4.78, 5) is 0. The van der Waals surface area contributed by atoms with Crippen LogP contribution in [0.5, 0.6) is 0 Å². The van der Waals surface area contributed by atoms with Crippen molar-refractivity contribution in [3.8, 4) is 0 Å². The standard InChI is InChI=1S/C11H17NO2S/c1-10-3-5-11(6-4-10)9-15(13,14)8-2-7-12/h3-6H,2,7-9,12H2,1H3. The number of rotatable bonds is 5. The van der Waals surface area contributed by atoms with Gasteiger partial charge in [0.15, 0.2) is 9.84 Å². The van der Waals surface area contributed by atoms with Crippen LogP contribution in [0.2, 0.25) is 0 Å². The van der Waals surface area contributed by atoms with E-state index in [9.17, 15) is 8.42 Å². The molecule has 0 saturated heterocycles. The van der Waals surface area contributed by atoms with Crippen molar-refractivity contribution in [1.29, 1.82) is 0 Å². The third-order valence-electron chi connectivity index (χ3n) is 2.17. The van der Waals surface area contributed by atoms with Crippen LogP contribution in [-0.2, 0) is 15.6 Å². The Kier molecular flexibility index (Phi) is 4.29. The smallest absolute Gasteiger partial charge is 0.154 e. The Morgan fingerprint density at radius 2 is 1.80 bits per heavy atom. The van der Waals surface area contributed by atoms with Gasteiger partial charge in [0, 0.05) is 0 Å². The molecule has 0 amide bonds.